The maximum absolute atomic E-state index is 8.60. The second kappa shape index (κ2) is 7.28. The number of hydrogen-bond donors (Lipinski definition) is 1. The Balaban J connectivity index is 0.000000349. The molecule has 1 aromatic heterocycles. The zero-order chi connectivity index (χ0) is 18.7. The van der Waals surface area contributed by atoms with Gasteiger partial charge in [0.05, 0.1) is 20.4 Å². The highest BCUT2D eigenvalue weighted by Gasteiger charge is 2.20. The zero-order valence-electron chi connectivity index (χ0n) is 13.6. The van der Waals surface area contributed by atoms with Crippen molar-refractivity contribution in [2.24, 2.45) is 0 Å². The van der Waals surface area contributed by atoms with E-state index < -0.39 is 10.2 Å². The van der Waals surface area contributed by atoms with Crippen molar-refractivity contribution in [2.75, 3.05) is 0 Å². The van der Waals surface area contributed by atoms with Crippen molar-refractivity contribution >= 4 is 16.7 Å². The molecule has 1 aliphatic heterocycles. The standard InChI is InChI=1S/C18H13NO2.ClHO4/c1-12-18(21-17-9-5-4-8-16(17)20-12)15-11-10-13-6-2-3-7-14(13)19-15;2-1(3,4)5/h2-11H,1H3;(H,2,3,4,5). The number of rotatable bonds is 1. The number of pyridine rings is 1. The molecule has 3 aromatic rings. The molecule has 0 aliphatic carbocycles. The average molecular weight is 376 g/mol. The minimum absolute atomic E-state index is 0.666. The van der Waals surface area contributed by atoms with Gasteiger partial charge >= 0.3 is 0 Å². The van der Waals surface area contributed by atoms with Crippen molar-refractivity contribution in [2.45, 2.75) is 6.92 Å². The molecule has 1 aliphatic rings. The number of halogens is 1. The van der Waals surface area contributed by atoms with Gasteiger partial charge in [0.1, 0.15) is 11.5 Å². The lowest BCUT2D eigenvalue weighted by atomic mass is 10.1. The molecule has 0 fully saturated rings. The predicted octanol–water partition coefficient (Wildman–Crippen LogP) is 0.271. The van der Waals surface area contributed by atoms with Crippen LogP contribution in [0, 0.1) is 10.2 Å². The Labute approximate surface area is 151 Å². The van der Waals surface area contributed by atoms with Crippen LogP contribution < -0.4 is 23.5 Å². The number of benzene rings is 2. The number of hydrogen-bond acceptors (Lipinski definition) is 7. The van der Waals surface area contributed by atoms with Crippen LogP contribution in [0.2, 0.25) is 0 Å². The molecule has 1 N–H and O–H groups in total. The largest absolute Gasteiger partial charge is 0.454 e. The first-order chi connectivity index (χ1) is 12.3. The molecule has 8 heteroatoms. The normalized spacial score (nSPS) is 13.3. The lowest BCUT2D eigenvalue weighted by molar-refractivity contribution is -1.92. The van der Waals surface area contributed by atoms with E-state index in [2.05, 4.69) is 4.98 Å². The van der Waals surface area contributed by atoms with Gasteiger partial charge in [0, 0.05) is 5.39 Å². The molecule has 0 atom stereocenters. The van der Waals surface area contributed by atoms with Crippen molar-refractivity contribution < 1.29 is 38.4 Å². The van der Waals surface area contributed by atoms with Crippen molar-refractivity contribution in [3.8, 4) is 11.5 Å². The van der Waals surface area contributed by atoms with Gasteiger partial charge in [0.2, 0.25) is 0 Å². The van der Waals surface area contributed by atoms with E-state index in [9.17, 15) is 0 Å². The second-order valence-electron chi connectivity index (χ2n) is 5.32. The zero-order valence-corrected chi connectivity index (χ0v) is 14.3. The second-order valence-corrected chi connectivity index (χ2v) is 6.11. The number of allylic oxidation sites excluding steroid dienone is 1. The molecule has 7 nitrogen and oxygen atoms in total. The van der Waals surface area contributed by atoms with Gasteiger partial charge in [-0.2, -0.15) is 14.0 Å². The Kier molecular flexibility index (Phi) is 5.08. The first-order valence-corrected chi connectivity index (χ1v) is 8.72. The topological polar surface area (TPSA) is 121 Å². The molecular formula is C18H14ClNO6. The molecule has 0 amide bonds. The van der Waals surface area contributed by atoms with Crippen LogP contribution in [0.15, 0.2) is 66.4 Å². The molecule has 0 saturated heterocycles. The summed E-state index contributed by atoms with van der Waals surface area (Å²) in [4.78, 5) is 4.66. The van der Waals surface area contributed by atoms with Crippen LogP contribution in [-0.4, -0.2) is 9.64 Å². The van der Waals surface area contributed by atoms with Gasteiger partial charge in [0.15, 0.2) is 17.3 Å². The molecule has 0 radical (unpaired) electrons. The summed E-state index contributed by atoms with van der Waals surface area (Å²) in [6.07, 6.45) is 0. The third-order valence-corrected chi connectivity index (χ3v) is 3.48. The summed E-state index contributed by atoms with van der Waals surface area (Å²) in [6, 6.07) is 19.7. The Morgan fingerprint density at radius 1 is 0.846 bits per heavy atom. The number of aromatic nitrogens is 1. The summed E-state index contributed by atoms with van der Waals surface area (Å²) in [5.41, 5.74) is 1.72. The molecule has 0 bridgehead atoms. The third kappa shape index (κ3) is 4.48. The quantitative estimate of drug-likeness (QED) is 0.648. The van der Waals surface area contributed by atoms with Gasteiger partial charge in [-0.25, -0.2) is 4.98 Å². The van der Waals surface area contributed by atoms with Gasteiger partial charge in [-0.1, -0.05) is 36.4 Å². The molecular weight excluding hydrogens is 362 g/mol. The van der Waals surface area contributed by atoms with E-state index in [0.29, 0.717) is 11.5 Å². The van der Waals surface area contributed by atoms with Crippen LogP contribution in [0.4, 0.5) is 0 Å². The summed E-state index contributed by atoms with van der Waals surface area (Å²) >= 11 is 0. The van der Waals surface area contributed by atoms with Gasteiger partial charge in [-0.15, -0.1) is 0 Å². The van der Waals surface area contributed by atoms with E-state index in [1.807, 2.05) is 67.6 Å². The molecule has 26 heavy (non-hydrogen) atoms. The summed E-state index contributed by atoms with van der Waals surface area (Å²) < 4.78 is 44.5. The summed E-state index contributed by atoms with van der Waals surface area (Å²) in [5.74, 6) is 2.84. The fraction of sp³-hybridized carbons (Fsp3) is 0.0556. The maximum Gasteiger partial charge on any atom is 0.191 e. The smallest absolute Gasteiger partial charge is 0.191 e. The predicted molar refractivity (Wildman–Crippen MR) is 84.3 cm³/mol. The lowest BCUT2D eigenvalue weighted by Gasteiger charge is -2.21. The summed E-state index contributed by atoms with van der Waals surface area (Å²) in [7, 11) is -4.69. The van der Waals surface area contributed by atoms with E-state index in [4.69, 9.17) is 28.1 Å². The van der Waals surface area contributed by atoms with Crippen LogP contribution in [-0.2, 0) is 0 Å². The number of nitrogens with zero attached hydrogens (tertiary/aromatic N) is 1. The molecule has 4 rings (SSSR count). The highest BCUT2D eigenvalue weighted by Crippen LogP contribution is 2.37. The average Bonchev–Trinajstić information content (AvgIpc) is 2.59. The van der Waals surface area contributed by atoms with Crippen LogP contribution in [0.3, 0.4) is 0 Å². The van der Waals surface area contributed by atoms with Crippen LogP contribution in [0.25, 0.3) is 16.7 Å². The molecule has 2 heterocycles. The Morgan fingerprint density at radius 3 is 2.12 bits per heavy atom. The first kappa shape index (κ1) is 18.1. The SMILES string of the molecule is CC1=C(c2ccc3ccccc3n2)Oc2ccccc2O1.[O-][Cl+3]([O-])([O-])O. The van der Waals surface area contributed by atoms with Crippen LogP contribution >= 0.6 is 0 Å². The number of para-hydroxylation sites is 3. The van der Waals surface area contributed by atoms with Gasteiger partial charge < -0.3 is 9.47 Å². The number of ether oxygens (including phenoxy) is 2. The molecule has 2 aromatic carbocycles. The lowest BCUT2D eigenvalue weighted by Crippen LogP contribution is -2.58. The van der Waals surface area contributed by atoms with E-state index in [-0.39, 0.29) is 0 Å². The summed E-state index contributed by atoms with van der Waals surface area (Å²) in [6.45, 7) is 1.89. The van der Waals surface area contributed by atoms with Crippen LogP contribution in [0.1, 0.15) is 12.6 Å². The van der Waals surface area contributed by atoms with Crippen molar-refractivity contribution in [1.29, 1.82) is 0 Å². The minimum Gasteiger partial charge on any atom is -0.454 e. The Morgan fingerprint density at radius 2 is 1.42 bits per heavy atom. The highest BCUT2D eigenvalue weighted by molar-refractivity contribution is 5.80. The van der Waals surface area contributed by atoms with Gasteiger partial charge in [-0.05, 0) is 31.2 Å². The molecule has 0 spiro atoms. The van der Waals surface area contributed by atoms with E-state index >= 15 is 0 Å². The van der Waals surface area contributed by atoms with E-state index in [1.165, 1.54) is 0 Å². The fourth-order valence-electron chi connectivity index (χ4n) is 2.44. The maximum atomic E-state index is 8.60. The Bertz CT molecular complexity index is 961. The van der Waals surface area contributed by atoms with Crippen LogP contribution in [0.5, 0.6) is 11.5 Å². The Hall–Kier alpha value is -2.68. The monoisotopic (exact) mass is 375 g/mol. The van der Waals surface area contributed by atoms with Crippen molar-refractivity contribution in [3.05, 3.63) is 72.1 Å². The molecule has 0 unspecified atom stereocenters. The first-order valence-electron chi connectivity index (χ1n) is 7.46. The molecule has 0 saturated carbocycles. The highest BCUT2D eigenvalue weighted by atomic mass is 35.7. The van der Waals surface area contributed by atoms with Crippen molar-refractivity contribution in [1.82, 2.24) is 4.98 Å². The third-order valence-electron chi connectivity index (χ3n) is 3.48. The van der Waals surface area contributed by atoms with E-state index in [1.54, 1.807) is 0 Å². The fourth-order valence-corrected chi connectivity index (χ4v) is 2.44. The molecule has 134 valence electrons. The van der Waals surface area contributed by atoms with Gasteiger partial charge in [0.25, 0.3) is 0 Å². The van der Waals surface area contributed by atoms with E-state index in [0.717, 1.165) is 28.1 Å². The number of fused-ring (bicyclic) bond motifs is 2. The van der Waals surface area contributed by atoms with Gasteiger partial charge in [-0.3, -0.25) is 0 Å². The summed E-state index contributed by atoms with van der Waals surface area (Å²) in [5, 5.41) is 1.11. The van der Waals surface area contributed by atoms with Crippen molar-refractivity contribution in [3.63, 3.8) is 0 Å². The minimum atomic E-state index is -4.69.